The van der Waals surface area contributed by atoms with E-state index in [1.54, 1.807) is 14.2 Å². The number of methoxy groups -OCH3 is 2. The summed E-state index contributed by atoms with van der Waals surface area (Å²) in [5.74, 6) is 8.20. The van der Waals surface area contributed by atoms with Gasteiger partial charge in [0.2, 0.25) is 0 Å². The van der Waals surface area contributed by atoms with Crippen LogP contribution in [0.15, 0.2) is 36.4 Å². The molecule has 0 radical (unpaired) electrons. The van der Waals surface area contributed by atoms with Gasteiger partial charge in [-0.05, 0) is 160 Å². The zero-order chi connectivity index (χ0) is 27.1. The largest absolute Gasteiger partial charge is 0.785 e. The molecule has 8 aliphatic rings. The van der Waals surface area contributed by atoms with Gasteiger partial charge in [-0.1, -0.05) is 0 Å². The van der Waals surface area contributed by atoms with Crippen LogP contribution in [0.3, 0.4) is 0 Å². The van der Waals surface area contributed by atoms with Crippen LogP contribution in [0.2, 0.25) is 0 Å². The van der Waals surface area contributed by atoms with E-state index in [0.717, 1.165) is 47.0 Å². The van der Waals surface area contributed by atoms with Gasteiger partial charge in [0.25, 0.3) is 0 Å². The zero-order valence-electron chi connectivity index (χ0n) is 24.1. The minimum Gasteiger partial charge on any atom is -0.501 e. The molecule has 10 rings (SSSR count). The van der Waals surface area contributed by atoms with E-state index in [0.29, 0.717) is 11.5 Å². The summed E-state index contributed by atoms with van der Waals surface area (Å²) in [6.45, 7) is 0. The molecule has 8 bridgehead atoms. The van der Waals surface area contributed by atoms with Gasteiger partial charge in [-0.2, -0.15) is 0 Å². The van der Waals surface area contributed by atoms with Gasteiger partial charge in [0.15, 0.2) is 0 Å². The lowest BCUT2D eigenvalue weighted by atomic mass is 9.48. The molecule has 0 aliphatic heterocycles. The van der Waals surface area contributed by atoms with E-state index in [9.17, 15) is 5.02 Å². The fraction of sp³-hybridized carbons (Fsp3) is 0.647. The zero-order valence-corrected chi connectivity index (χ0v) is 24.1. The summed E-state index contributed by atoms with van der Waals surface area (Å²) in [6.07, 6.45) is 15.9. The van der Waals surface area contributed by atoms with Crippen LogP contribution in [0.25, 0.3) is 0 Å². The Morgan fingerprint density at radius 2 is 0.900 bits per heavy atom. The predicted molar refractivity (Wildman–Crippen MR) is 155 cm³/mol. The van der Waals surface area contributed by atoms with Crippen LogP contribution in [-0.4, -0.2) is 26.6 Å². The molecule has 40 heavy (non-hydrogen) atoms. The Labute approximate surface area is 239 Å². The standard InChI is InChI=1S/C34H43BO5/c1-37-31-5-3-27(13-29(31)33-15-21-7-22(16-33)9-23(8-21)17-33)39-35(36)40-28-4-6-32(38-2)30(14-28)34-18-24-10-25(19-34)12-26(11-24)20-34/h3-6,13-14,21-26,36H,7-12,15-20H2,1-2H3. The predicted octanol–water partition coefficient (Wildman–Crippen LogP) is 7.07. The second kappa shape index (κ2) is 9.34. The maximum Gasteiger partial charge on any atom is 0.785 e. The molecule has 0 aromatic heterocycles. The van der Waals surface area contributed by atoms with Crippen molar-refractivity contribution in [2.24, 2.45) is 35.5 Å². The van der Waals surface area contributed by atoms with E-state index in [1.807, 2.05) is 24.3 Å². The highest BCUT2D eigenvalue weighted by Crippen LogP contribution is 2.63. The molecule has 8 fully saturated rings. The van der Waals surface area contributed by atoms with Crippen molar-refractivity contribution in [3.8, 4) is 23.0 Å². The van der Waals surface area contributed by atoms with Crippen LogP contribution in [0.1, 0.15) is 88.2 Å². The Morgan fingerprint density at radius 3 is 1.20 bits per heavy atom. The molecule has 2 aromatic rings. The summed E-state index contributed by atoms with van der Waals surface area (Å²) in [6, 6.07) is 12.0. The first-order chi connectivity index (χ1) is 19.4. The van der Waals surface area contributed by atoms with Crippen LogP contribution in [0, 0.1) is 35.5 Å². The molecule has 212 valence electrons. The smallest absolute Gasteiger partial charge is 0.501 e. The minimum atomic E-state index is -1.39. The molecule has 8 aliphatic carbocycles. The van der Waals surface area contributed by atoms with Crippen molar-refractivity contribution in [1.29, 1.82) is 0 Å². The van der Waals surface area contributed by atoms with E-state index in [4.69, 9.17) is 18.8 Å². The van der Waals surface area contributed by atoms with Crippen LogP contribution in [0.4, 0.5) is 0 Å². The van der Waals surface area contributed by atoms with E-state index < -0.39 is 7.32 Å². The van der Waals surface area contributed by atoms with Gasteiger partial charge in [-0.15, -0.1) is 0 Å². The highest BCUT2D eigenvalue weighted by Gasteiger charge is 2.54. The van der Waals surface area contributed by atoms with Gasteiger partial charge in [-0.3, -0.25) is 0 Å². The van der Waals surface area contributed by atoms with Gasteiger partial charge in [0.05, 0.1) is 14.2 Å². The molecule has 1 N–H and O–H groups in total. The van der Waals surface area contributed by atoms with Crippen LogP contribution in [-0.2, 0) is 10.8 Å². The highest BCUT2D eigenvalue weighted by molar-refractivity contribution is 6.36. The number of ether oxygens (including phenoxy) is 2. The quantitative estimate of drug-likeness (QED) is 0.362. The van der Waals surface area contributed by atoms with E-state index in [-0.39, 0.29) is 10.8 Å². The third-order valence-corrected chi connectivity index (χ3v) is 12.0. The fourth-order valence-electron chi connectivity index (χ4n) is 11.5. The van der Waals surface area contributed by atoms with Gasteiger partial charge in [0, 0.05) is 11.1 Å². The average Bonchev–Trinajstić information content (AvgIpc) is 2.91. The SMILES string of the molecule is COc1ccc(OB(O)Oc2ccc(OC)c(C34CC5CC(CC(C5)C3)C4)c2)cc1C12CC3CC(CC(C3)C1)C2. The van der Waals surface area contributed by atoms with E-state index >= 15 is 0 Å². The Balaban J connectivity index is 1.03. The second-order valence-electron chi connectivity index (χ2n) is 14.7. The van der Waals surface area contributed by atoms with E-state index in [2.05, 4.69) is 12.1 Å². The first-order valence-corrected chi connectivity index (χ1v) is 15.8. The van der Waals surface area contributed by atoms with Gasteiger partial charge >= 0.3 is 7.32 Å². The van der Waals surface area contributed by atoms with Gasteiger partial charge < -0.3 is 23.8 Å². The highest BCUT2D eigenvalue weighted by atomic mass is 16.7. The summed E-state index contributed by atoms with van der Waals surface area (Å²) in [4.78, 5) is 0. The normalized spacial score (nSPS) is 38.4. The lowest BCUT2D eigenvalue weighted by Gasteiger charge is -2.57. The number of benzene rings is 2. The monoisotopic (exact) mass is 542 g/mol. The molecule has 5 nitrogen and oxygen atoms in total. The Hall–Kier alpha value is -2.34. The summed E-state index contributed by atoms with van der Waals surface area (Å²) in [7, 11) is 2.14. The number of hydrogen-bond acceptors (Lipinski definition) is 5. The fourth-order valence-corrected chi connectivity index (χ4v) is 11.5. The van der Waals surface area contributed by atoms with Crippen molar-refractivity contribution in [2.45, 2.75) is 87.9 Å². The minimum absolute atomic E-state index is 0.175. The topological polar surface area (TPSA) is 57.2 Å². The molecular formula is C34H43BO5. The Bertz CT molecular complexity index is 1120. The maximum absolute atomic E-state index is 11.0. The molecule has 2 aromatic carbocycles. The lowest BCUT2D eigenvalue weighted by Crippen LogP contribution is -2.48. The summed E-state index contributed by atoms with van der Waals surface area (Å²) < 4.78 is 23.8. The molecule has 0 amide bonds. The van der Waals surface area contributed by atoms with Crippen LogP contribution in [0.5, 0.6) is 23.0 Å². The van der Waals surface area contributed by atoms with Crippen molar-refractivity contribution < 1.29 is 23.8 Å². The van der Waals surface area contributed by atoms with Crippen molar-refractivity contribution >= 4 is 7.32 Å². The Morgan fingerprint density at radius 1 is 0.575 bits per heavy atom. The first-order valence-electron chi connectivity index (χ1n) is 15.8. The number of rotatable bonds is 8. The summed E-state index contributed by atoms with van der Waals surface area (Å²) >= 11 is 0. The summed E-state index contributed by atoms with van der Waals surface area (Å²) in [5, 5.41) is 11.0. The average molecular weight is 543 g/mol. The van der Waals surface area contributed by atoms with Crippen LogP contribution >= 0.6 is 0 Å². The molecular weight excluding hydrogens is 499 g/mol. The third kappa shape index (κ3) is 4.15. The Kier molecular flexibility index (Phi) is 5.93. The van der Waals surface area contributed by atoms with Gasteiger partial charge in [0.1, 0.15) is 23.0 Å². The molecule has 6 heteroatoms. The number of hydrogen-bond donors (Lipinski definition) is 1. The van der Waals surface area contributed by atoms with Crippen molar-refractivity contribution in [1.82, 2.24) is 0 Å². The van der Waals surface area contributed by atoms with Crippen molar-refractivity contribution in [2.75, 3.05) is 14.2 Å². The van der Waals surface area contributed by atoms with Crippen LogP contribution < -0.4 is 18.8 Å². The van der Waals surface area contributed by atoms with Gasteiger partial charge in [-0.25, -0.2) is 0 Å². The first kappa shape index (κ1) is 25.4. The van der Waals surface area contributed by atoms with Crippen molar-refractivity contribution in [3.63, 3.8) is 0 Å². The summed E-state index contributed by atoms with van der Waals surface area (Å²) in [5.41, 5.74) is 2.86. The maximum atomic E-state index is 11.0. The van der Waals surface area contributed by atoms with Crippen molar-refractivity contribution in [3.05, 3.63) is 47.5 Å². The molecule has 0 saturated heterocycles. The molecule has 8 saturated carbocycles. The lowest BCUT2D eigenvalue weighted by molar-refractivity contribution is -0.00632. The molecule has 0 heterocycles. The molecule has 0 atom stereocenters. The second-order valence-corrected chi connectivity index (χ2v) is 14.7. The molecule has 0 unspecified atom stereocenters. The third-order valence-electron chi connectivity index (χ3n) is 12.0. The molecule has 0 spiro atoms. The van der Waals surface area contributed by atoms with E-state index in [1.165, 1.54) is 88.2 Å².